The third-order valence-corrected chi connectivity index (χ3v) is 7.43. The third kappa shape index (κ3) is 6.76. The average molecular weight is 622 g/mol. The highest BCUT2D eigenvalue weighted by atomic mass is 35.5. The topological polar surface area (TPSA) is 76.5 Å². The minimum Gasteiger partial charge on any atom is -0.443 e. The fourth-order valence-corrected chi connectivity index (χ4v) is 5.38. The fourth-order valence-electron chi connectivity index (χ4n) is 4.89. The number of benzene rings is 3. The second-order valence-corrected chi connectivity index (χ2v) is 12.1. The molecule has 43 heavy (non-hydrogen) atoms. The molecule has 0 radical (unpaired) electrons. The Balaban J connectivity index is 1.69. The first-order chi connectivity index (χ1) is 20.4. The van der Waals surface area contributed by atoms with Gasteiger partial charge in [-0.3, -0.25) is 9.69 Å². The standard InChI is InChI=1S/C33H31Cl2FN4O3/c1-20(22-8-6-5-7-9-22)37-31(41)29-25-16-17-39(32(42)43-33(2,3)4)28(18-21-10-13-24(36)14-11-21)30(25)40(38-29)27-15-12-23(34)19-26(27)35/h5-15,18-20H,16-17H2,1-4H3,(H,37,41)/b28-18+. The lowest BCUT2D eigenvalue weighted by Crippen LogP contribution is -2.40. The van der Waals surface area contributed by atoms with Crippen molar-refractivity contribution in [3.8, 4) is 5.69 Å². The van der Waals surface area contributed by atoms with E-state index in [9.17, 15) is 14.0 Å². The molecule has 1 atom stereocenters. The summed E-state index contributed by atoms with van der Waals surface area (Å²) in [6.45, 7) is 7.49. The smallest absolute Gasteiger partial charge is 0.414 e. The van der Waals surface area contributed by atoms with Crippen molar-refractivity contribution in [3.63, 3.8) is 0 Å². The number of ether oxygens (including phenoxy) is 1. The minimum atomic E-state index is -0.753. The molecule has 222 valence electrons. The molecular weight excluding hydrogens is 590 g/mol. The second kappa shape index (κ2) is 12.2. The van der Waals surface area contributed by atoms with Crippen LogP contribution in [0, 0.1) is 5.82 Å². The summed E-state index contributed by atoms with van der Waals surface area (Å²) in [5.74, 6) is -0.761. The maximum atomic E-state index is 13.8. The molecule has 1 aliphatic heterocycles. The van der Waals surface area contributed by atoms with E-state index in [-0.39, 0.29) is 30.0 Å². The highest BCUT2D eigenvalue weighted by Gasteiger charge is 2.37. The highest BCUT2D eigenvalue weighted by Crippen LogP contribution is 2.37. The molecule has 1 aliphatic rings. The monoisotopic (exact) mass is 620 g/mol. The van der Waals surface area contributed by atoms with Crippen LogP contribution in [0.5, 0.6) is 0 Å². The van der Waals surface area contributed by atoms with Gasteiger partial charge in [-0.15, -0.1) is 0 Å². The average Bonchev–Trinajstić information content (AvgIpc) is 3.34. The summed E-state index contributed by atoms with van der Waals surface area (Å²) in [7, 11) is 0. The van der Waals surface area contributed by atoms with E-state index in [1.54, 1.807) is 61.9 Å². The molecule has 2 heterocycles. The molecule has 10 heteroatoms. The first-order valence-electron chi connectivity index (χ1n) is 13.8. The molecule has 1 aromatic heterocycles. The fraction of sp³-hybridized carbons (Fsp3) is 0.242. The lowest BCUT2D eigenvalue weighted by atomic mass is 9.98. The van der Waals surface area contributed by atoms with Gasteiger partial charge in [-0.1, -0.05) is 65.7 Å². The Morgan fingerprint density at radius 3 is 2.40 bits per heavy atom. The summed E-state index contributed by atoms with van der Waals surface area (Å²) in [5.41, 5.74) is 3.05. The number of carbonyl (C=O) groups excluding carboxylic acids is 2. The van der Waals surface area contributed by atoms with Gasteiger partial charge in [-0.25, -0.2) is 13.9 Å². The van der Waals surface area contributed by atoms with Gasteiger partial charge in [0.1, 0.15) is 11.4 Å². The van der Waals surface area contributed by atoms with Crippen LogP contribution < -0.4 is 5.32 Å². The molecule has 2 amide bonds. The van der Waals surface area contributed by atoms with E-state index in [1.807, 2.05) is 37.3 Å². The Bertz CT molecular complexity index is 1700. The van der Waals surface area contributed by atoms with Crippen molar-refractivity contribution in [2.24, 2.45) is 0 Å². The molecular formula is C33H31Cl2FN4O3. The van der Waals surface area contributed by atoms with Crippen molar-refractivity contribution < 1.29 is 18.7 Å². The van der Waals surface area contributed by atoms with Crippen LogP contribution in [-0.2, 0) is 11.2 Å². The quantitative estimate of drug-likeness (QED) is 0.244. The molecule has 0 saturated carbocycles. The lowest BCUT2D eigenvalue weighted by Gasteiger charge is -2.32. The minimum absolute atomic E-state index is 0.206. The molecule has 3 aromatic carbocycles. The van der Waals surface area contributed by atoms with Crippen LogP contribution in [-0.4, -0.2) is 38.8 Å². The first kappa shape index (κ1) is 30.3. The van der Waals surface area contributed by atoms with Gasteiger partial charge in [0, 0.05) is 17.1 Å². The molecule has 1 N–H and O–H groups in total. The summed E-state index contributed by atoms with van der Waals surface area (Å²) < 4.78 is 21.1. The van der Waals surface area contributed by atoms with Crippen molar-refractivity contribution in [3.05, 3.63) is 117 Å². The number of hydrogen-bond donors (Lipinski definition) is 1. The van der Waals surface area contributed by atoms with Crippen LogP contribution >= 0.6 is 23.2 Å². The number of hydrogen-bond acceptors (Lipinski definition) is 4. The van der Waals surface area contributed by atoms with Gasteiger partial charge in [0.2, 0.25) is 0 Å². The maximum absolute atomic E-state index is 13.8. The van der Waals surface area contributed by atoms with Crippen molar-refractivity contribution >= 4 is 47.0 Å². The summed E-state index contributed by atoms with van der Waals surface area (Å²) >= 11 is 12.9. The van der Waals surface area contributed by atoms with E-state index in [4.69, 9.17) is 33.0 Å². The molecule has 0 saturated heterocycles. The van der Waals surface area contributed by atoms with Crippen molar-refractivity contribution in [1.29, 1.82) is 0 Å². The van der Waals surface area contributed by atoms with Gasteiger partial charge in [-0.05, 0) is 81.7 Å². The van der Waals surface area contributed by atoms with E-state index >= 15 is 0 Å². The lowest BCUT2D eigenvalue weighted by molar-refractivity contribution is 0.0351. The van der Waals surface area contributed by atoms with Crippen molar-refractivity contribution in [1.82, 2.24) is 20.0 Å². The zero-order valence-electron chi connectivity index (χ0n) is 24.2. The normalized spacial score (nSPS) is 14.8. The molecule has 0 spiro atoms. The molecule has 7 nitrogen and oxygen atoms in total. The van der Waals surface area contributed by atoms with Crippen LogP contribution in [0.3, 0.4) is 0 Å². The highest BCUT2D eigenvalue weighted by molar-refractivity contribution is 6.35. The molecule has 0 bridgehead atoms. The van der Waals surface area contributed by atoms with Gasteiger partial charge < -0.3 is 10.1 Å². The van der Waals surface area contributed by atoms with E-state index < -0.39 is 11.7 Å². The maximum Gasteiger partial charge on any atom is 0.414 e. The molecule has 5 rings (SSSR count). The van der Waals surface area contributed by atoms with Crippen LogP contribution in [0.4, 0.5) is 9.18 Å². The largest absolute Gasteiger partial charge is 0.443 e. The third-order valence-electron chi connectivity index (χ3n) is 6.89. The number of nitrogens with zero attached hydrogens (tertiary/aromatic N) is 3. The number of rotatable bonds is 5. The Kier molecular flexibility index (Phi) is 8.62. The Labute approximate surface area is 259 Å². The van der Waals surface area contributed by atoms with Crippen LogP contribution in [0.1, 0.15) is 66.6 Å². The molecule has 0 fully saturated rings. The van der Waals surface area contributed by atoms with E-state index in [1.165, 1.54) is 17.0 Å². The van der Waals surface area contributed by atoms with Gasteiger partial charge >= 0.3 is 6.09 Å². The van der Waals surface area contributed by atoms with Gasteiger partial charge in [0.15, 0.2) is 5.69 Å². The number of amides is 2. The van der Waals surface area contributed by atoms with Gasteiger partial charge in [0.05, 0.1) is 28.1 Å². The predicted octanol–water partition coefficient (Wildman–Crippen LogP) is 8.10. The van der Waals surface area contributed by atoms with Crippen molar-refractivity contribution in [2.45, 2.75) is 45.8 Å². The number of fused-ring (bicyclic) bond motifs is 1. The number of halogens is 3. The van der Waals surface area contributed by atoms with Gasteiger partial charge in [0.25, 0.3) is 5.91 Å². The summed E-state index contributed by atoms with van der Waals surface area (Å²) in [6.07, 6.45) is 1.51. The van der Waals surface area contributed by atoms with Crippen LogP contribution in [0.2, 0.25) is 10.0 Å². The second-order valence-electron chi connectivity index (χ2n) is 11.3. The molecule has 4 aromatic rings. The van der Waals surface area contributed by atoms with Gasteiger partial charge in [-0.2, -0.15) is 5.10 Å². The predicted molar refractivity (Wildman–Crippen MR) is 167 cm³/mol. The Morgan fingerprint density at radius 1 is 1.05 bits per heavy atom. The summed E-state index contributed by atoms with van der Waals surface area (Å²) in [6, 6.07) is 20.2. The molecule has 0 aliphatic carbocycles. The number of nitrogens with one attached hydrogen (secondary N) is 1. The van der Waals surface area contributed by atoms with E-state index in [2.05, 4.69) is 5.32 Å². The van der Waals surface area contributed by atoms with Crippen molar-refractivity contribution in [2.75, 3.05) is 6.54 Å². The zero-order valence-corrected chi connectivity index (χ0v) is 25.7. The number of carbonyl (C=O) groups is 2. The molecule has 1 unspecified atom stereocenters. The Morgan fingerprint density at radius 2 is 1.74 bits per heavy atom. The van der Waals surface area contributed by atoms with E-state index in [0.29, 0.717) is 44.7 Å². The van der Waals surface area contributed by atoms with Crippen LogP contribution in [0.15, 0.2) is 72.8 Å². The summed E-state index contributed by atoms with van der Waals surface area (Å²) in [4.78, 5) is 28.8. The van der Waals surface area contributed by atoms with E-state index in [0.717, 1.165) is 5.56 Å². The SMILES string of the molecule is CC(NC(=O)c1nn(-c2ccc(Cl)cc2Cl)c2c1CCN(C(=O)OC(C)(C)C)/C2=C/c1ccc(F)cc1)c1ccccc1. The zero-order chi connectivity index (χ0) is 30.9. The van der Waals surface area contributed by atoms with Crippen LogP contribution in [0.25, 0.3) is 17.5 Å². The first-order valence-corrected chi connectivity index (χ1v) is 14.6. The Hall–Kier alpha value is -4.14. The number of aromatic nitrogens is 2. The summed E-state index contributed by atoms with van der Waals surface area (Å²) in [5, 5.41) is 8.56.